The molecule has 0 radical (unpaired) electrons. The molecule has 1 N–H and O–H groups in total. The van der Waals surface area contributed by atoms with Crippen LogP contribution >= 0.6 is 0 Å². The van der Waals surface area contributed by atoms with Gasteiger partial charge in [-0.2, -0.15) is 0 Å². The van der Waals surface area contributed by atoms with E-state index < -0.39 is 6.10 Å². The molecule has 5 heteroatoms. The summed E-state index contributed by atoms with van der Waals surface area (Å²) < 4.78 is 19.3. The average molecular weight is 474 g/mol. The lowest BCUT2D eigenvalue weighted by Crippen LogP contribution is -2.44. The summed E-state index contributed by atoms with van der Waals surface area (Å²) >= 11 is 0. The zero-order valence-corrected chi connectivity index (χ0v) is 20.3. The van der Waals surface area contributed by atoms with Gasteiger partial charge in [-0.1, -0.05) is 91.0 Å². The summed E-state index contributed by atoms with van der Waals surface area (Å²) in [6.07, 6.45) is -0.176. The maximum absolute atomic E-state index is 11.0. The van der Waals surface area contributed by atoms with Gasteiger partial charge in [0.25, 0.3) is 0 Å². The van der Waals surface area contributed by atoms with E-state index in [1.54, 1.807) is 0 Å². The Balaban J connectivity index is 1.36. The van der Waals surface area contributed by atoms with Gasteiger partial charge in [-0.05, 0) is 30.0 Å². The van der Waals surface area contributed by atoms with Crippen LogP contribution in [0.25, 0.3) is 0 Å². The Morgan fingerprint density at radius 2 is 1.20 bits per heavy atom. The van der Waals surface area contributed by atoms with Crippen molar-refractivity contribution in [3.8, 4) is 0 Å². The van der Waals surface area contributed by atoms with Crippen LogP contribution in [0.2, 0.25) is 0 Å². The number of fused-ring (bicyclic) bond motifs is 1. The minimum Gasteiger partial charge on any atom is -0.391 e. The van der Waals surface area contributed by atoms with Gasteiger partial charge in [0.05, 0.1) is 44.6 Å². The summed E-state index contributed by atoms with van der Waals surface area (Å²) in [5.41, 5.74) is 3.39. The zero-order chi connectivity index (χ0) is 24.0. The van der Waals surface area contributed by atoms with Crippen molar-refractivity contribution in [1.82, 2.24) is 4.90 Å². The molecule has 0 aromatic heterocycles. The molecule has 0 saturated carbocycles. The Morgan fingerprint density at radius 3 is 1.74 bits per heavy atom. The minimum absolute atomic E-state index is 0.000322. The van der Waals surface area contributed by atoms with Crippen molar-refractivity contribution < 1.29 is 19.3 Å². The molecule has 184 valence electrons. The molecular weight excluding hydrogens is 438 g/mol. The van der Waals surface area contributed by atoms with Crippen molar-refractivity contribution in [2.24, 2.45) is 0 Å². The van der Waals surface area contributed by atoms with E-state index in [0.717, 1.165) is 23.1 Å². The molecular formula is C30H35NO4. The molecule has 2 fully saturated rings. The fourth-order valence-electron chi connectivity index (χ4n) is 5.61. The Morgan fingerprint density at radius 1 is 0.714 bits per heavy atom. The summed E-state index contributed by atoms with van der Waals surface area (Å²) in [5, 5.41) is 11.0. The van der Waals surface area contributed by atoms with Crippen molar-refractivity contribution in [3.05, 3.63) is 108 Å². The van der Waals surface area contributed by atoms with Crippen LogP contribution in [0.1, 0.15) is 30.0 Å². The van der Waals surface area contributed by atoms with Gasteiger partial charge < -0.3 is 19.3 Å². The number of nitrogens with zero attached hydrogens (tertiary/aromatic N) is 1. The molecule has 3 aromatic carbocycles. The highest BCUT2D eigenvalue weighted by molar-refractivity contribution is 5.17. The van der Waals surface area contributed by atoms with E-state index in [4.69, 9.17) is 14.2 Å². The first-order valence-electron chi connectivity index (χ1n) is 12.6. The van der Waals surface area contributed by atoms with E-state index in [2.05, 4.69) is 48.2 Å². The molecule has 0 amide bonds. The minimum atomic E-state index is -0.451. The molecule has 0 spiro atoms. The number of benzene rings is 3. The Bertz CT molecular complexity index is 1030. The zero-order valence-electron chi connectivity index (χ0n) is 20.3. The normalized spacial score (nSPS) is 28.3. The van der Waals surface area contributed by atoms with Crippen LogP contribution in [-0.2, 0) is 34.0 Å². The Labute approximate surface area is 208 Å². The van der Waals surface area contributed by atoms with E-state index >= 15 is 0 Å². The van der Waals surface area contributed by atoms with Crippen LogP contribution in [0.3, 0.4) is 0 Å². The summed E-state index contributed by atoms with van der Waals surface area (Å²) in [7, 11) is 0. The Hall–Kier alpha value is -2.54. The quantitative estimate of drug-likeness (QED) is 0.467. The molecule has 2 aliphatic rings. The number of hydrogen-bond donors (Lipinski definition) is 1. The third-order valence-electron chi connectivity index (χ3n) is 7.22. The van der Waals surface area contributed by atoms with E-state index in [0.29, 0.717) is 26.4 Å². The number of aliphatic hydroxyl groups excluding tert-OH is 1. The molecule has 0 aliphatic carbocycles. The maximum Gasteiger partial charge on any atom is 0.104 e. The average Bonchev–Trinajstić information content (AvgIpc) is 3.37. The first-order chi connectivity index (χ1) is 17.2. The second-order valence-electron chi connectivity index (χ2n) is 9.68. The first-order valence-corrected chi connectivity index (χ1v) is 12.6. The molecule has 0 unspecified atom stereocenters. The van der Waals surface area contributed by atoms with Crippen LogP contribution in [0, 0.1) is 0 Å². The molecule has 2 saturated heterocycles. The number of hydrogen-bond acceptors (Lipinski definition) is 5. The lowest BCUT2D eigenvalue weighted by molar-refractivity contribution is -0.0953. The molecule has 6 atom stereocenters. The third kappa shape index (κ3) is 5.66. The second kappa shape index (κ2) is 11.5. The highest BCUT2D eigenvalue weighted by Gasteiger charge is 2.58. The summed E-state index contributed by atoms with van der Waals surface area (Å²) in [6, 6.07) is 30.8. The van der Waals surface area contributed by atoms with E-state index in [1.165, 1.54) is 0 Å². The largest absolute Gasteiger partial charge is 0.391 e. The van der Waals surface area contributed by atoms with Crippen molar-refractivity contribution in [3.63, 3.8) is 0 Å². The van der Waals surface area contributed by atoms with Gasteiger partial charge in [0.2, 0.25) is 0 Å². The van der Waals surface area contributed by atoms with Gasteiger partial charge in [-0.15, -0.1) is 0 Å². The molecule has 0 bridgehead atoms. The Kier molecular flexibility index (Phi) is 7.92. The van der Waals surface area contributed by atoms with Crippen molar-refractivity contribution in [1.29, 1.82) is 0 Å². The smallest absolute Gasteiger partial charge is 0.104 e. The lowest BCUT2D eigenvalue weighted by atomic mass is 10.0. The van der Waals surface area contributed by atoms with Crippen LogP contribution in [-0.4, -0.2) is 53.1 Å². The standard InChI is InChI=1S/C30H35NO4/c1-22-17-27(32)28-30(35-20-25-15-9-4-10-16-25)29(34-19-24-13-7-3-8-14-24)26(31(22)28)21-33-18-23-11-5-2-6-12-23/h2-16,22,26-30,32H,17-21H2,1H3/t22-,26-,27-,28-,29-,30+/m1/s1. The number of aliphatic hydroxyl groups is 1. The van der Waals surface area contributed by atoms with Crippen molar-refractivity contribution in [2.75, 3.05) is 6.61 Å². The lowest BCUT2D eigenvalue weighted by Gasteiger charge is -2.30. The molecule has 5 rings (SSSR count). The predicted molar refractivity (Wildman–Crippen MR) is 136 cm³/mol. The van der Waals surface area contributed by atoms with Gasteiger partial charge in [0.15, 0.2) is 0 Å². The van der Waals surface area contributed by atoms with Crippen LogP contribution in [0.4, 0.5) is 0 Å². The van der Waals surface area contributed by atoms with Crippen molar-refractivity contribution in [2.45, 2.75) is 69.6 Å². The van der Waals surface area contributed by atoms with Crippen LogP contribution < -0.4 is 0 Å². The molecule has 3 aromatic rings. The SMILES string of the molecule is C[C@@H]1C[C@@H](O)[C@@H]2[C@H](OCc3ccccc3)[C@H](OCc3ccccc3)[C@@H](COCc3ccccc3)N21. The van der Waals surface area contributed by atoms with Gasteiger partial charge in [-0.25, -0.2) is 0 Å². The first kappa shape index (κ1) is 24.2. The topological polar surface area (TPSA) is 51.2 Å². The maximum atomic E-state index is 11.0. The van der Waals surface area contributed by atoms with E-state index in [-0.39, 0.29) is 30.3 Å². The monoisotopic (exact) mass is 473 g/mol. The molecule has 5 nitrogen and oxygen atoms in total. The van der Waals surface area contributed by atoms with Crippen LogP contribution in [0.15, 0.2) is 91.0 Å². The number of ether oxygens (including phenoxy) is 3. The van der Waals surface area contributed by atoms with Crippen molar-refractivity contribution >= 4 is 0 Å². The fourth-order valence-corrected chi connectivity index (χ4v) is 5.61. The van der Waals surface area contributed by atoms with Gasteiger partial charge in [0.1, 0.15) is 12.2 Å². The van der Waals surface area contributed by atoms with Crippen LogP contribution in [0.5, 0.6) is 0 Å². The van der Waals surface area contributed by atoms with Gasteiger partial charge >= 0.3 is 0 Å². The highest BCUT2D eigenvalue weighted by atomic mass is 16.5. The summed E-state index contributed by atoms with van der Waals surface area (Å²) in [6.45, 7) is 4.23. The van der Waals surface area contributed by atoms with E-state index in [1.807, 2.05) is 54.6 Å². The van der Waals surface area contributed by atoms with Gasteiger partial charge in [0, 0.05) is 6.04 Å². The van der Waals surface area contributed by atoms with E-state index in [9.17, 15) is 5.11 Å². The summed E-state index contributed by atoms with van der Waals surface area (Å²) in [4.78, 5) is 2.39. The molecule has 2 aliphatic heterocycles. The predicted octanol–water partition coefficient (Wildman–Crippen LogP) is 4.58. The molecule has 35 heavy (non-hydrogen) atoms. The fraction of sp³-hybridized carbons (Fsp3) is 0.400. The van der Waals surface area contributed by atoms with Gasteiger partial charge in [-0.3, -0.25) is 4.90 Å². The third-order valence-corrected chi connectivity index (χ3v) is 7.22. The summed E-state index contributed by atoms with van der Waals surface area (Å²) in [5.74, 6) is 0. The second-order valence-corrected chi connectivity index (χ2v) is 9.68. The number of rotatable bonds is 10. The highest BCUT2D eigenvalue weighted by Crippen LogP contribution is 2.41. The molecule has 2 heterocycles.